The van der Waals surface area contributed by atoms with Gasteiger partial charge in [0.15, 0.2) is 5.12 Å². The topological polar surface area (TPSA) is 51.5 Å². The van der Waals surface area contributed by atoms with Crippen LogP contribution >= 0.6 is 23.4 Å². The predicted octanol–water partition coefficient (Wildman–Crippen LogP) is 7.38. The quantitative estimate of drug-likeness (QED) is 0.209. The lowest BCUT2D eigenvalue weighted by Gasteiger charge is -2.16. The number of carbonyl (C=O) groups excluding carboxylic acids is 2. The number of benzene rings is 4. The van der Waals surface area contributed by atoms with E-state index in [9.17, 15) is 9.59 Å². The lowest BCUT2D eigenvalue weighted by Crippen LogP contribution is -2.14. The number of anilines is 1. The molecule has 192 valence electrons. The van der Waals surface area contributed by atoms with Gasteiger partial charge >= 0.3 is 0 Å². The molecule has 4 aromatic carbocycles. The summed E-state index contributed by atoms with van der Waals surface area (Å²) in [5, 5.41) is 3.52. The third-order valence-corrected chi connectivity index (χ3v) is 7.92. The molecule has 0 radical (unpaired) electrons. The van der Waals surface area contributed by atoms with E-state index in [0.717, 1.165) is 43.5 Å². The van der Waals surface area contributed by atoms with E-state index in [4.69, 9.17) is 16.3 Å². The third kappa shape index (κ3) is 4.77. The van der Waals surface area contributed by atoms with Crippen LogP contribution < -0.4 is 9.64 Å². The van der Waals surface area contributed by atoms with E-state index in [1.165, 1.54) is 11.8 Å². The zero-order valence-corrected chi connectivity index (χ0v) is 23.2. The Hall–Kier alpha value is -3.74. The first kappa shape index (κ1) is 25.9. The van der Waals surface area contributed by atoms with E-state index in [1.807, 2.05) is 63.5 Å². The second-order valence-corrected chi connectivity index (χ2v) is 10.8. The normalized spacial score (nSPS) is 11.2. The molecule has 0 aliphatic heterocycles. The number of aromatic nitrogens is 1. The van der Waals surface area contributed by atoms with Crippen molar-refractivity contribution in [3.8, 4) is 5.75 Å². The molecule has 0 amide bonds. The van der Waals surface area contributed by atoms with E-state index in [0.29, 0.717) is 16.3 Å². The van der Waals surface area contributed by atoms with Gasteiger partial charge in [-0.25, -0.2) is 0 Å². The molecule has 0 spiro atoms. The Morgan fingerprint density at radius 1 is 0.921 bits per heavy atom. The number of ether oxygens (including phenoxy) is 1. The summed E-state index contributed by atoms with van der Waals surface area (Å²) in [6, 6.07) is 24.6. The summed E-state index contributed by atoms with van der Waals surface area (Å²) in [7, 11) is 5.63. The van der Waals surface area contributed by atoms with Crippen molar-refractivity contribution in [1.82, 2.24) is 4.57 Å². The summed E-state index contributed by atoms with van der Waals surface area (Å²) >= 11 is 7.27. The molecular weight excluding hydrogens is 516 g/mol. The van der Waals surface area contributed by atoms with E-state index < -0.39 is 0 Å². The molecule has 0 atom stereocenters. The molecule has 5 aromatic rings. The molecule has 7 heteroatoms. The van der Waals surface area contributed by atoms with E-state index in [1.54, 1.807) is 35.9 Å². The number of hydrogen-bond donors (Lipinski definition) is 0. The Morgan fingerprint density at radius 3 is 2.34 bits per heavy atom. The van der Waals surface area contributed by atoms with Gasteiger partial charge in [0.1, 0.15) is 5.75 Å². The fourth-order valence-electron chi connectivity index (χ4n) is 4.84. The van der Waals surface area contributed by atoms with Crippen LogP contribution in [0.25, 0.3) is 21.7 Å². The second kappa shape index (κ2) is 10.6. The van der Waals surface area contributed by atoms with Crippen molar-refractivity contribution in [3.05, 3.63) is 101 Å². The van der Waals surface area contributed by atoms with Gasteiger partial charge in [0.2, 0.25) is 0 Å². The zero-order valence-electron chi connectivity index (χ0n) is 21.6. The lowest BCUT2D eigenvalue weighted by atomic mass is 10.1. The van der Waals surface area contributed by atoms with E-state index in [2.05, 4.69) is 17.0 Å². The third-order valence-electron chi connectivity index (χ3n) is 6.72. The van der Waals surface area contributed by atoms with Crippen molar-refractivity contribution in [3.63, 3.8) is 0 Å². The van der Waals surface area contributed by atoms with Gasteiger partial charge in [-0.05, 0) is 72.5 Å². The van der Waals surface area contributed by atoms with E-state index >= 15 is 0 Å². The monoisotopic (exact) mass is 542 g/mol. The van der Waals surface area contributed by atoms with Gasteiger partial charge in [0.25, 0.3) is 5.91 Å². The summed E-state index contributed by atoms with van der Waals surface area (Å²) in [4.78, 5) is 30.0. The molecule has 38 heavy (non-hydrogen) atoms. The molecule has 0 aliphatic carbocycles. The fourth-order valence-corrected chi connectivity index (χ4v) is 5.86. The largest absolute Gasteiger partial charge is 0.497 e. The van der Waals surface area contributed by atoms with Crippen molar-refractivity contribution < 1.29 is 14.3 Å². The minimum atomic E-state index is -0.175. The maximum atomic E-state index is 13.6. The Balaban J connectivity index is 1.54. The van der Waals surface area contributed by atoms with Crippen LogP contribution in [0.1, 0.15) is 21.6 Å². The smallest absolute Gasteiger partial charge is 0.262 e. The molecule has 0 N–H and O–H groups in total. The summed E-state index contributed by atoms with van der Waals surface area (Å²) in [5.74, 6) is 0.492. The van der Waals surface area contributed by atoms with Gasteiger partial charge in [0.05, 0.1) is 12.6 Å². The van der Waals surface area contributed by atoms with E-state index in [-0.39, 0.29) is 17.4 Å². The van der Waals surface area contributed by atoms with Crippen molar-refractivity contribution in [2.45, 2.75) is 18.2 Å². The van der Waals surface area contributed by atoms with Crippen molar-refractivity contribution in [2.75, 3.05) is 26.1 Å². The molecule has 5 rings (SSSR count). The highest BCUT2D eigenvalue weighted by atomic mass is 35.5. The molecule has 0 fully saturated rings. The first-order chi connectivity index (χ1) is 18.3. The number of methoxy groups -OCH3 is 1. The van der Waals surface area contributed by atoms with Gasteiger partial charge in [-0.15, -0.1) is 0 Å². The maximum Gasteiger partial charge on any atom is 0.262 e. The van der Waals surface area contributed by atoms with Gasteiger partial charge in [-0.2, -0.15) is 0 Å². The molecule has 0 unspecified atom stereocenters. The van der Waals surface area contributed by atoms with Gasteiger partial charge in [-0.3, -0.25) is 14.2 Å². The highest BCUT2D eigenvalue weighted by Gasteiger charge is 2.23. The highest BCUT2D eigenvalue weighted by molar-refractivity contribution is 8.13. The molecule has 1 aromatic heterocycles. The Labute approximate surface area is 231 Å². The number of rotatable bonds is 6. The molecule has 0 saturated heterocycles. The molecule has 1 heterocycles. The minimum Gasteiger partial charge on any atom is -0.497 e. The van der Waals surface area contributed by atoms with Gasteiger partial charge in [-0.1, -0.05) is 47.6 Å². The number of hydrogen-bond acceptors (Lipinski definition) is 5. The summed E-state index contributed by atoms with van der Waals surface area (Å²) in [5.41, 5.74) is 3.90. The van der Waals surface area contributed by atoms with Crippen LogP contribution in [0.3, 0.4) is 0 Å². The summed E-state index contributed by atoms with van der Waals surface area (Å²) in [6.07, 6.45) is 0.171. The zero-order chi connectivity index (χ0) is 27.0. The molecular formula is C31H27ClN2O3S. The first-order valence-corrected chi connectivity index (χ1v) is 13.4. The fraction of sp³-hybridized carbons (Fsp3) is 0.161. The Kier molecular flexibility index (Phi) is 7.19. The molecule has 0 saturated carbocycles. The van der Waals surface area contributed by atoms with Crippen molar-refractivity contribution >= 4 is 61.7 Å². The SMILES string of the molecule is COc1ccc2c(c1)c(CC(=O)Sc1cccc3c(N(C)C)cccc13)c(C)n2C(=O)c1ccc(Cl)cc1. The minimum absolute atomic E-state index is 0.00309. The number of carbonyl (C=O) groups is 2. The van der Waals surface area contributed by atoms with Crippen LogP contribution in [0.2, 0.25) is 5.02 Å². The Morgan fingerprint density at radius 2 is 1.63 bits per heavy atom. The predicted molar refractivity (Wildman–Crippen MR) is 157 cm³/mol. The lowest BCUT2D eigenvalue weighted by molar-refractivity contribution is -0.110. The molecule has 0 bridgehead atoms. The Bertz CT molecular complexity index is 1690. The van der Waals surface area contributed by atoms with Crippen LogP contribution in [0.15, 0.2) is 83.8 Å². The maximum absolute atomic E-state index is 13.6. The molecule has 5 nitrogen and oxygen atoms in total. The van der Waals surface area contributed by atoms with Crippen molar-refractivity contribution in [2.24, 2.45) is 0 Å². The number of nitrogens with zero attached hydrogens (tertiary/aromatic N) is 2. The highest BCUT2D eigenvalue weighted by Crippen LogP contribution is 2.36. The summed E-state index contributed by atoms with van der Waals surface area (Å²) in [6.45, 7) is 1.88. The average Bonchev–Trinajstić information content (AvgIpc) is 3.18. The van der Waals surface area contributed by atoms with Crippen molar-refractivity contribution in [1.29, 1.82) is 0 Å². The number of fused-ring (bicyclic) bond motifs is 2. The van der Waals surface area contributed by atoms with Crippen LogP contribution in [-0.4, -0.2) is 36.8 Å². The first-order valence-electron chi connectivity index (χ1n) is 12.2. The number of halogens is 1. The van der Waals surface area contributed by atoms with Gasteiger partial charge in [0, 0.05) is 58.2 Å². The number of thioether (sulfide) groups is 1. The average molecular weight is 543 g/mol. The van der Waals surface area contributed by atoms with Gasteiger partial charge < -0.3 is 9.64 Å². The summed E-state index contributed by atoms with van der Waals surface area (Å²) < 4.78 is 7.13. The van der Waals surface area contributed by atoms with Crippen LogP contribution in [0.4, 0.5) is 5.69 Å². The second-order valence-electron chi connectivity index (χ2n) is 9.27. The standard InChI is InChI=1S/C31H27ClN2O3S/c1-19-25(18-30(35)38-29-10-6-7-23-24(29)8-5-9-27(23)33(2)3)26-17-22(37-4)15-16-28(26)34(19)31(36)20-11-13-21(32)14-12-20/h5-17H,18H2,1-4H3. The van der Waals surface area contributed by atoms with Crippen LogP contribution in [0.5, 0.6) is 5.75 Å². The molecule has 0 aliphatic rings. The van der Waals surface area contributed by atoms with Crippen LogP contribution in [0, 0.1) is 6.92 Å². The van der Waals surface area contributed by atoms with Crippen LogP contribution in [-0.2, 0) is 11.2 Å².